The molecule has 8 heteroatoms. The van der Waals surface area contributed by atoms with Crippen LogP contribution in [0.2, 0.25) is 0 Å². The van der Waals surface area contributed by atoms with Gasteiger partial charge in [0.25, 0.3) is 0 Å². The Morgan fingerprint density at radius 3 is 2.57 bits per heavy atom. The van der Waals surface area contributed by atoms with Crippen LogP contribution in [0.4, 0.5) is 0 Å². The van der Waals surface area contributed by atoms with Gasteiger partial charge in [-0.05, 0) is 67.5 Å². The van der Waals surface area contributed by atoms with Crippen LogP contribution in [0.3, 0.4) is 0 Å². The summed E-state index contributed by atoms with van der Waals surface area (Å²) in [6, 6.07) is 10.5. The van der Waals surface area contributed by atoms with Crippen molar-refractivity contribution in [2.75, 3.05) is 19.9 Å². The zero-order valence-electron chi connectivity index (χ0n) is 16.5. The van der Waals surface area contributed by atoms with E-state index in [1.165, 1.54) is 9.87 Å². The second-order valence-electron chi connectivity index (χ2n) is 7.90. The van der Waals surface area contributed by atoms with Gasteiger partial charge in [-0.1, -0.05) is 6.07 Å². The second kappa shape index (κ2) is 7.59. The number of carbonyl (C=O) groups is 1. The molecule has 0 N–H and O–H groups in total. The highest BCUT2D eigenvalue weighted by Crippen LogP contribution is 2.36. The topological polar surface area (TPSA) is 82.1 Å². The van der Waals surface area contributed by atoms with Crippen molar-refractivity contribution < 1.29 is 27.4 Å². The van der Waals surface area contributed by atoms with E-state index in [0.717, 1.165) is 24.8 Å². The first kappa shape index (κ1) is 19.4. The monoisotopic (exact) mass is 429 g/mol. The van der Waals surface area contributed by atoms with Gasteiger partial charge in [-0.3, -0.25) is 4.79 Å². The summed E-state index contributed by atoms with van der Waals surface area (Å²) in [4.78, 5) is 12.9. The Morgan fingerprint density at radius 1 is 0.967 bits per heavy atom. The molecule has 0 aromatic heterocycles. The highest BCUT2D eigenvalue weighted by Gasteiger charge is 2.33. The number of aryl methyl sites for hydroxylation is 2. The zero-order chi connectivity index (χ0) is 20.7. The average Bonchev–Trinajstić information content (AvgIpc) is 3.42. The number of sulfonamides is 1. The molecule has 2 aromatic carbocycles. The molecule has 0 spiro atoms. The summed E-state index contributed by atoms with van der Waals surface area (Å²) in [5.74, 6) is 0.901. The number of nitrogens with zero attached hydrogens (tertiary/aromatic N) is 1. The maximum atomic E-state index is 13.0. The van der Waals surface area contributed by atoms with E-state index in [9.17, 15) is 13.2 Å². The molecule has 7 nitrogen and oxygen atoms in total. The van der Waals surface area contributed by atoms with Gasteiger partial charge in [0.1, 0.15) is 5.75 Å². The van der Waals surface area contributed by atoms with Crippen LogP contribution in [0.25, 0.3) is 0 Å². The molecule has 3 aliphatic rings. The van der Waals surface area contributed by atoms with Crippen molar-refractivity contribution in [3.8, 4) is 17.2 Å². The summed E-state index contributed by atoms with van der Waals surface area (Å²) >= 11 is 0. The van der Waals surface area contributed by atoms with Gasteiger partial charge < -0.3 is 14.2 Å². The van der Waals surface area contributed by atoms with Gasteiger partial charge in [0.2, 0.25) is 16.8 Å². The van der Waals surface area contributed by atoms with Crippen LogP contribution in [-0.4, -0.2) is 38.6 Å². The summed E-state index contributed by atoms with van der Waals surface area (Å²) in [7, 11) is -3.55. The van der Waals surface area contributed by atoms with Crippen molar-refractivity contribution >= 4 is 16.0 Å². The number of fused-ring (bicyclic) bond motifs is 2. The predicted octanol–water partition coefficient (Wildman–Crippen LogP) is 2.91. The van der Waals surface area contributed by atoms with Crippen LogP contribution in [0, 0.1) is 5.92 Å². The first-order valence-corrected chi connectivity index (χ1v) is 11.7. The molecule has 0 bridgehead atoms. The van der Waals surface area contributed by atoms with Crippen molar-refractivity contribution in [2.45, 2.75) is 37.0 Å². The molecule has 2 aromatic rings. The quantitative estimate of drug-likeness (QED) is 0.549. The number of rotatable bonds is 4. The molecule has 30 heavy (non-hydrogen) atoms. The molecule has 1 aliphatic carbocycles. The van der Waals surface area contributed by atoms with E-state index >= 15 is 0 Å². The number of hydrogen-bond acceptors (Lipinski definition) is 6. The number of esters is 1. The van der Waals surface area contributed by atoms with E-state index < -0.39 is 10.0 Å². The number of piperidine rings is 1. The molecule has 0 saturated carbocycles. The van der Waals surface area contributed by atoms with Crippen molar-refractivity contribution in [3.63, 3.8) is 0 Å². The SMILES string of the molecule is O=C(Oc1ccc2c(c1)OCO2)C1CCN(S(=O)(=O)c2ccc3c(c2)CCC3)CC1. The van der Waals surface area contributed by atoms with Gasteiger partial charge in [-0.15, -0.1) is 0 Å². The van der Waals surface area contributed by atoms with E-state index in [0.29, 0.717) is 48.1 Å². The highest BCUT2D eigenvalue weighted by atomic mass is 32.2. The van der Waals surface area contributed by atoms with E-state index in [2.05, 4.69) is 0 Å². The maximum Gasteiger partial charge on any atom is 0.314 e. The third kappa shape index (κ3) is 3.54. The molecule has 5 rings (SSSR count). The minimum Gasteiger partial charge on any atom is -0.454 e. The van der Waals surface area contributed by atoms with Crippen LogP contribution in [0.5, 0.6) is 17.2 Å². The Hall–Kier alpha value is -2.58. The Morgan fingerprint density at radius 2 is 1.73 bits per heavy atom. The fourth-order valence-electron chi connectivity index (χ4n) is 4.33. The average molecular weight is 429 g/mol. The second-order valence-corrected chi connectivity index (χ2v) is 9.84. The van der Waals surface area contributed by atoms with E-state index in [-0.39, 0.29) is 18.7 Å². The Bertz CT molecular complexity index is 1090. The van der Waals surface area contributed by atoms with Gasteiger partial charge in [-0.2, -0.15) is 4.31 Å². The summed E-state index contributed by atoms with van der Waals surface area (Å²) in [6.07, 6.45) is 3.91. The van der Waals surface area contributed by atoms with E-state index in [1.807, 2.05) is 12.1 Å². The van der Waals surface area contributed by atoms with Crippen molar-refractivity contribution in [1.82, 2.24) is 4.31 Å². The summed E-state index contributed by atoms with van der Waals surface area (Å²) in [6.45, 7) is 0.768. The fourth-order valence-corrected chi connectivity index (χ4v) is 5.85. The van der Waals surface area contributed by atoms with Gasteiger partial charge in [-0.25, -0.2) is 8.42 Å². The van der Waals surface area contributed by atoms with E-state index in [4.69, 9.17) is 14.2 Å². The molecule has 2 aliphatic heterocycles. The van der Waals surface area contributed by atoms with Crippen LogP contribution in [0.15, 0.2) is 41.3 Å². The lowest BCUT2D eigenvalue weighted by Gasteiger charge is -2.30. The molecule has 158 valence electrons. The standard InChI is InChI=1S/C22H23NO6S/c24-22(29-18-5-7-20-21(13-18)28-14-27-20)16-8-10-23(11-9-16)30(25,26)19-6-4-15-2-1-3-17(15)12-19/h4-7,12-13,16H,1-3,8-11,14H2. The Kier molecular flexibility index (Phi) is 4.91. The molecule has 0 atom stereocenters. The lowest BCUT2D eigenvalue weighted by atomic mass is 9.98. The zero-order valence-corrected chi connectivity index (χ0v) is 17.3. The molecule has 1 saturated heterocycles. The minimum absolute atomic E-state index is 0.157. The number of ether oxygens (including phenoxy) is 3. The summed E-state index contributed by atoms with van der Waals surface area (Å²) < 4.78 is 43.6. The van der Waals surface area contributed by atoms with Crippen LogP contribution < -0.4 is 14.2 Å². The summed E-state index contributed by atoms with van der Waals surface area (Å²) in [5.41, 5.74) is 2.39. The Balaban J connectivity index is 1.22. The molecule has 0 amide bonds. The normalized spacial score (nSPS) is 18.9. The molecular weight excluding hydrogens is 406 g/mol. The predicted molar refractivity (Wildman–Crippen MR) is 108 cm³/mol. The minimum atomic E-state index is -3.55. The summed E-state index contributed by atoms with van der Waals surface area (Å²) in [5, 5.41) is 0. The largest absolute Gasteiger partial charge is 0.454 e. The molecule has 2 heterocycles. The van der Waals surface area contributed by atoms with Crippen LogP contribution in [-0.2, 0) is 27.7 Å². The van der Waals surface area contributed by atoms with Gasteiger partial charge in [0.15, 0.2) is 11.5 Å². The van der Waals surface area contributed by atoms with Crippen molar-refractivity contribution in [1.29, 1.82) is 0 Å². The van der Waals surface area contributed by atoms with Gasteiger partial charge in [0.05, 0.1) is 10.8 Å². The first-order chi connectivity index (χ1) is 14.5. The lowest BCUT2D eigenvalue weighted by molar-refractivity contribution is -0.140. The Labute approximate surface area is 175 Å². The van der Waals surface area contributed by atoms with Crippen LogP contribution >= 0.6 is 0 Å². The molecule has 0 radical (unpaired) electrons. The number of carbonyl (C=O) groups excluding carboxylic acids is 1. The van der Waals surface area contributed by atoms with Crippen molar-refractivity contribution in [3.05, 3.63) is 47.5 Å². The maximum absolute atomic E-state index is 13.0. The lowest BCUT2D eigenvalue weighted by Crippen LogP contribution is -2.41. The van der Waals surface area contributed by atoms with E-state index in [1.54, 1.807) is 24.3 Å². The molecule has 1 fully saturated rings. The number of benzene rings is 2. The van der Waals surface area contributed by atoms with Gasteiger partial charge >= 0.3 is 5.97 Å². The number of hydrogen-bond donors (Lipinski definition) is 0. The van der Waals surface area contributed by atoms with Crippen LogP contribution in [0.1, 0.15) is 30.4 Å². The third-order valence-electron chi connectivity index (χ3n) is 6.06. The van der Waals surface area contributed by atoms with Crippen molar-refractivity contribution in [2.24, 2.45) is 5.92 Å². The van der Waals surface area contributed by atoms with Gasteiger partial charge in [0, 0.05) is 19.2 Å². The fraction of sp³-hybridized carbons (Fsp3) is 0.409. The smallest absolute Gasteiger partial charge is 0.314 e. The third-order valence-corrected chi connectivity index (χ3v) is 7.95. The molecule has 0 unspecified atom stereocenters. The molecular formula is C22H23NO6S. The highest BCUT2D eigenvalue weighted by molar-refractivity contribution is 7.89. The first-order valence-electron chi connectivity index (χ1n) is 10.2.